The molecule has 0 spiro atoms. The molecule has 0 heterocycles. The summed E-state index contributed by atoms with van der Waals surface area (Å²) < 4.78 is 0. The van der Waals surface area contributed by atoms with Gasteiger partial charge in [-0.2, -0.15) is 0 Å². The van der Waals surface area contributed by atoms with Crippen LogP contribution in [0.3, 0.4) is 0 Å². The molecular weight excluding hydrogens is 232 g/mol. The second-order valence-corrected chi connectivity index (χ2v) is 17.3. The van der Waals surface area contributed by atoms with Crippen LogP contribution < -0.4 is 0 Å². The van der Waals surface area contributed by atoms with Gasteiger partial charge in [-0.25, -0.2) is 0 Å². The summed E-state index contributed by atoms with van der Waals surface area (Å²) in [6.45, 7) is 12.9. The first-order chi connectivity index (χ1) is 7.05. The minimum Gasteiger partial charge on any atom is -0.397 e. The third-order valence-corrected chi connectivity index (χ3v) is 7.18. The minimum absolute atomic E-state index is 0.116. The molecule has 1 atom stereocenters. The van der Waals surface area contributed by atoms with Gasteiger partial charge >= 0.3 is 0 Å². The lowest BCUT2D eigenvalue weighted by Gasteiger charge is -2.23. The highest BCUT2D eigenvalue weighted by Crippen LogP contribution is 2.15. The minimum atomic E-state index is -1.57. The van der Waals surface area contributed by atoms with Crippen molar-refractivity contribution in [3.05, 3.63) is 0 Å². The summed E-state index contributed by atoms with van der Waals surface area (Å²) in [5, 5.41) is 10.4. The molecule has 0 aliphatic heterocycles. The molecule has 0 aliphatic rings. The Kier molecular flexibility index (Phi) is 6.14. The maximum absolute atomic E-state index is 11.7. The monoisotopic (exact) mass is 260 g/mol. The second-order valence-electron chi connectivity index (χ2n) is 6.80. The van der Waals surface area contributed by atoms with Crippen molar-refractivity contribution in [1.82, 2.24) is 0 Å². The number of aliphatic hydroxyl groups excluding tert-OH is 1. The summed E-state index contributed by atoms with van der Waals surface area (Å²) in [6, 6.07) is 0. The summed E-state index contributed by atoms with van der Waals surface area (Å²) in [4.78, 5) is 11.7. The van der Waals surface area contributed by atoms with E-state index in [0.29, 0.717) is 11.8 Å². The molecule has 0 saturated carbocycles. The summed E-state index contributed by atoms with van der Waals surface area (Å²) in [7, 11) is -2.96. The first-order valence-corrected chi connectivity index (χ1v) is 13.3. The Labute approximate surface area is 102 Å². The average molecular weight is 261 g/mol. The van der Waals surface area contributed by atoms with Crippen molar-refractivity contribution in [1.29, 1.82) is 0 Å². The van der Waals surface area contributed by atoms with Crippen LogP contribution in [0.15, 0.2) is 0 Å². The molecule has 0 aliphatic carbocycles. The van der Waals surface area contributed by atoms with Gasteiger partial charge in [-0.05, 0) is 12.8 Å². The Hall–Kier alpha value is 0.0638. The normalized spacial score (nSPS) is 14.9. The topological polar surface area (TPSA) is 37.3 Å². The SMILES string of the molecule is C[Si](C)(C)C(=O)CCCCC(O)[Si](C)(C)C. The van der Waals surface area contributed by atoms with Gasteiger partial charge in [0.05, 0.1) is 8.07 Å². The van der Waals surface area contributed by atoms with E-state index in [0.717, 1.165) is 19.3 Å². The van der Waals surface area contributed by atoms with Gasteiger partial charge in [0.2, 0.25) is 0 Å². The molecule has 4 heteroatoms. The van der Waals surface area contributed by atoms with Crippen LogP contribution in [0.2, 0.25) is 39.3 Å². The first-order valence-electron chi connectivity index (χ1n) is 6.26. The van der Waals surface area contributed by atoms with E-state index in [4.69, 9.17) is 0 Å². The van der Waals surface area contributed by atoms with Crippen LogP contribution in [0.1, 0.15) is 25.7 Å². The fraction of sp³-hybridized carbons (Fsp3) is 0.917. The van der Waals surface area contributed by atoms with Gasteiger partial charge in [0.15, 0.2) is 0 Å². The standard InChI is InChI=1S/C12H28O2Si2/c1-15(2,3)11(13)9-7-8-10-12(14)16(4,5)6/h11,13H,7-10H2,1-6H3. The quantitative estimate of drug-likeness (QED) is 0.564. The largest absolute Gasteiger partial charge is 0.397 e. The van der Waals surface area contributed by atoms with Gasteiger partial charge in [-0.15, -0.1) is 0 Å². The van der Waals surface area contributed by atoms with Crippen LogP contribution in [0.5, 0.6) is 0 Å². The van der Waals surface area contributed by atoms with E-state index in [1.54, 1.807) is 0 Å². The number of rotatable bonds is 7. The lowest BCUT2D eigenvalue weighted by molar-refractivity contribution is -0.112. The maximum atomic E-state index is 11.7. The van der Waals surface area contributed by atoms with Crippen molar-refractivity contribution in [2.45, 2.75) is 70.7 Å². The average Bonchev–Trinajstić information content (AvgIpc) is 2.08. The molecule has 0 bridgehead atoms. The third kappa shape index (κ3) is 6.60. The van der Waals surface area contributed by atoms with Crippen molar-refractivity contribution in [2.24, 2.45) is 0 Å². The first kappa shape index (κ1) is 16.1. The van der Waals surface area contributed by atoms with Gasteiger partial charge in [0, 0.05) is 12.1 Å². The van der Waals surface area contributed by atoms with E-state index < -0.39 is 16.1 Å². The molecule has 1 unspecified atom stereocenters. The summed E-state index contributed by atoms with van der Waals surface area (Å²) >= 11 is 0. The van der Waals surface area contributed by atoms with Gasteiger partial charge in [0.25, 0.3) is 0 Å². The molecule has 0 rings (SSSR count). The van der Waals surface area contributed by atoms with Crippen LogP contribution in [0.25, 0.3) is 0 Å². The van der Waals surface area contributed by atoms with Crippen LogP contribution in [-0.4, -0.2) is 32.4 Å². The molecule has 0 aromatic heterocycles. The van der Waals surface area contributed by atoms with E-state index in [-0.39, 0.29) is 5.73 Å². The van der Waals surface area contributed by atoms with Gasteiger partial charge in [-0.1, -0.05) is 45.7 Å². The van der Waals surface area contributed by atoms with Crippen LogP contribution in [0, 0.1) is 0 Å². The zero-order chi connectivity index (χ0) is 13.0. The summed E-state index contributed by atoms with van der Waals surface area (Å²) in [5.74, 6) is 0. The van der Waals surface area contributed by atoms with Crippen LogP contribution in [-0.2, 0) is 4.79 Å². The number of hydrogen-bond acceptors (Lipinski definition) is 2. The molecular formula is C12H28O2Si2. The smallest absolute Gasteiger partial charge is 0.123 e. The van der Waals surface area contributed by atoms with E-state index >= 15 is 0 Å². The Morgan fingerprint density at radius 2 is 1.56 bits per heavy atom. The van der Waals surface area contributed by atoms with Crippen molar-refractivity contribution in [3.8, 4) is 0 Å². The van der Waals surface area contributed by atoms with Gasteiger partial charge < -0.3 is 9.90 Å². The van der Waals surface area contributed by atoms with E-state index in [2.05, 4.69) is 39.3 Å². The number of aliphatic hydroxyl groups is 1. The summed E-state index contributed by atoms with van der Waals surface area (Å²) in [5.41, 5.74) is -0.116. The molecule has 96 valence electrons. The van der Waals surface area contributed by atoms with Crippen molar-refractivity contribution in [2.75, 3.05) is 0 Å². The van der Waals surface area contributed by atoms with E-state index in [1.807, 2.05) is 0 Å². The molecule has 0 radical (unpaired) electrons. The lowest BCUT2D eigenvalue weighted by Crippen LogP contribution is -2.38. The van der Waals surface area contributed by atoms with Gasteiger partial charge in [0.1, 0.15) is 13.5 Å². The molecule has 0 aromatic carbocycles. The number of unbranched alkanes of at least 4 members (excludes halogenated alkanes) is 1. The highest BCUT2D eigenvalue weighted by atomic mass is 28.3. The highest BCUT2D eigenvalue weighted by molar-refractivity contribution is 7.03. The van der Waals surface area contributed by atoms with E-state index in [9.17, 15) is 9.90 Å². The van der Waals surface area contributed by atoms with Crippen molar-refractivity contribution in [3.63, 3.8) is 0 Å². The predicted molar refractivity (Wildman–Crippen MR) is 76.2 cm³/mol. The number of carbonyl (C=O) groups is 1. The third-order valence-electron chi connectivity index (χ3n) is 2.97. The molecule has 0 fully saturated rings. The number of carbonyl (C=O) groups excluding carboxylic acids is 1. The molecule has 2 nitrogen and oxygen atoms in total. The Balaban J connectivity index is 3.74. The van der Waals surface area contributed by atoms with Crippen LogP contribution >= 0.6 is 0 Å². The molecule has 0 amide bonds. The van der Waals surface area contributed by atoms with Crippen LogP contribution in [0.4, 0.5) is 0 Å². The molecule has 0 saturated heterocycles. The predicted octanol–water partition coefficient (Wildman–Crippen LogP) is 3.23. The van der Waals surface area contributed by atoms with E-state index in [1.165, 1.54) is 0 Å². The fourth-order valence-electron chi connectivity index (χ4n) is 1.43. The second kappa shape index (κ2) is 6.12. The Morgan fingerprint density at radius 3 is 1.94 bits per heavy atom. The van der Waals surface area contributed by atoms with Gasteiger partial charge in [-0.3, -0.25) is 0 Å². The lowest BCUT2D eigenvalue weighted by atomic mass is 10.2. The molecule has 16 heavy (non-hydrogen) atoms. The number of hydrogen-bond donors (Lipinski definition) is 1. The van der Waals surface area contributed by atoms with Crippen molar-refractivity contribution < 1.29 is 9.90 Å². The Bertz CT molecular complexity index is 226. The zero-order valence-electron chi connectivity index (χ0n) is 11.8. The summed E-state index contributed by atoms with van der Waals surface area (Å²) in [6.07, 6.45) is 3.52. The molecule has 0 aromatic rings. The molecule has 1 N–H and O–H groups in total. The zero-order valence-corrected chi connectivity index (χ0v) is 13.8. The Morgan fingerprint density at radius 1 is 1.06 bits per heavy atom. The van der Waals surface area contributed by atoms with Crippen molar-refractivity contribution >= 4 is 21.6 Å². The fourth-order valence-corrected chi connectivity index (χ4v) is 3.43. The highest BCUT2D eigenvalue weighted by Gasteiger charge is 2.25. The maximum Gasteiger partial charge on any atom is 0.123 e.